The smallest absolute Gasteiger partial charge is 0.416 e. The molecule has 5 rings (SSSR count). The first-order valence-corrected chi connectivity index (χ1v) is 11.1. The second-order valence-corrected chi connectivity index (χ2v) is 8.39. The molecule has 0 saturated carbocycles. The molecular weight excluding hydrogens is 465 g/mol. The lowest BCUT2D eigenvalue weighted by Crippen LogP contribution is -2.64. The molecule has 2 aromatic heterocycles. The average molecular weight is 488 g/mol. The molecule has 0 spiro atoms. The minimum absolute atomic E-state index is 0.0301. The van der Waals surface area contributed by atoms with E-state index in [4.69, 9.17) is 4.74 Å². The van der Waals surface area contributed by atoms with Crippen molar-refractivity contribution in [1.29, 1.82) is 0 Å². The predicted molar refractivity (Wildman–Crippen MR) is 118 cm³/mol. The van der Waals surface area contributed by atoms with Crippen molar-refractivity contribution in [2.24, 2.45) is 0 Å². The number of carbonyl (C=O) groups excluding carboxylic acids is 1. The van der Waals surface area contributed by atoms with E-state index >= 15 is 0 Å². The zero-order chi connectivity index (χ0) is 24.6. The molecule has 2 aliphatic heterocycles. The first-order valence-electron chi connectivity index (χ1n) is 11.1. The van der Waals surface area contributed by atoms with Crippen molar-refractivity contribution in [1.82, 2.24) is 35.4 Å². The Morgan fingerprint density at radius 3 is 2.57 bits per heavy atom. The van der Waals surface area contributed by atoms with Crippen molar-refractivity contribution in [2.45, 2.75) is 25.7 Å². The highest BCUT2D eigenvalue weighted by atomic mass is 19.4. The third kappa shape index (κ3) is 4.76. The first kappa shape index (κ1) is 23.0. The first-order chi connectivity index (χ1) is 16.8. The normalized spacial score (nSPS) is 18.8. The molecule has 1 amide bonds. The molecule has 2 aliphatic rings. The fourth-order valence-corrected chi connectivity index (χ4v) is 4.23. The van der Waals surface area contributed by atoms with Gasteiger partial charge in [0.15, 0.2) is 5.82 Å². The largest absolute Gasteiger partial charge is 0.470 e. The summed E-state index contributed by atoms with van der Waals surface area (Å²) in [6, 6.07) is 7.95. The van der Waals surface area contributed by atoms with Gasteiger partial charge < -0.3 is 15.0 Å². The number of hydrogen-bond acceptors (Lipinski definition) is 8. The number of hydrogen-bond donors (Lipinski definition) is 1. The van der Waals surface area contributed by atoms with E-state index in [9.17, 15) is 18.0 Å². The SMILES string of the molecule is Cc1nnn(-c2ccc(C(F)(F)F)cc2)c1COc1ccc(N2CCN3CCNC(=O)[C@@H]3C2)nn1. The third-order valence-corrected chi connectivity index (χ3v) is 6.20. The van der Waals surface area contributed by atoms with E-state index < -0.39 is 11.7 Å². The number of nitrogens with one attached hydrogen (secondary N) is 1. The number of fused-ring (bicyclic) bond motifs is 1. The lowest BCUT2D eigenvalue weighted by Gasteiger charge is -2.43. The molecule has 13 heteroatoms. The molecule has 0 aliphatic carbocycles. The van der Waals surface area contributed by atoms with Crippen molar-refractivity contribution in [3.8, 4) is 11.6 Å². The predicted octanol–water partition coefficient (Wildman–Crippen LogP) is 1.58. The number of ether oxygens (including phenoxy) is 1. The van der Waals surface area contributed by atoms with Crippen LogP contribution in [0.4, 0.5) is 19.0 Å². The topological polar surface area (TPSA) is 101 Å². The number of carbonyl (C=O) groups is 1. The highest BCUT2D eigenvalue weighted by molar-refractivity contribution is 5.83. The van der Waals surface area contributed by atoms with E-state index in [0.29, 0.717) is 36.0 Å². The summed E-state index contributed by atoms with van der Waals surface area (Å²) in [5, 5.41) is 19.4. The highest BCUT2D eigenvalue weighted by Gasteiger charge is 2.35. The maximum atomic E-state index is 12.9. The maximum absolute atomic E-state index is 12.9. The van der Waals surface area contributed by atoms with Crippen molar-refractivity contribution >= 4 is 11.7 Å². The molecule has 184 valence electrons. The van der Waals surface area contributed by atoms with Gasteiger partial charge in [-0.1, -0.05) is 5.21 Å². The van der Waals surface area contributed by atoms with Gasteiger partial charge in [0, 0.05) is 38.8 Å². The Labute approximate surface area is 198 Å². The molecule has 1 N–H and O–H groups in total. The van der Waals surface area contributed by atoms with Crippen LogP contribution in [0.15, 0.2) is 36.4 Å². The van der Waals surface area contributed by atoms with E-state index in [1.165, 1.54) is 16.8 Å². The third-order valence-electron chi connectivity index (χ3n) is 6.20. The highest BCUT2D eigenvalue weighted by Crippen LogP contribution is 2.30. The van der Waals surface area contributed by atoms with Crippen LogP contribution in [-0.2, 0) is 17.6 Å². The van der Waals surface area contributed by atoms with Crippen LogP contribution in [0.1, 0.15) is 17.0 Å². The molecule has 2 saturated heterocycles. The average Bonchev–Trinajstić information content (AvgIpc) is 3.23. The fourth-order valence-electron chi connectivity index (χ4n) is 4.23. The molecule has 10 nitrogen and oxygen atoms in total. The molecule has 1 atom stereocenters. The minimum Gasteiger partial charge on any atom is -0.470 e. The van der Waals surface area contributed by atoms with Crippen molar-refractivity contribution < 1.29 is 22.7 Å². The number of alkyl halides is 3. The van der Waals surface area contributed by atoms with Crippen LogP contribution in [0.2, 0.25) is 0 Å². The molecule has 4 heterocycles. The number of rotatable bonds is 5. The Morgan fingerprint density at radius 1 is 1.06 bits per heavy atom. The van der Waals surface area contributed by atoms with Crippen LogP contribution in [0.5, 0.6) is 5.88 Å². The summed E-state index contributed by atoms with van der Waals surface area (Å²) in [6.45, 7) is 5.37. The number of nitrogens with zero attached hydrogens (tertiary/aromatic N) is 7. The lowest BCUT2D eigenvalue weighted by atomic mass is 10.1. The Hall–Kier alpha value is -3.74. The van der Waals surface area contributed by atoms with Crippen LogP contribution in [-0.4, -0.2) is 74.8 Å². The minimum atomic E-state index is -4.41. The zero-order valence-electron chi connectivity index (χ0n) is 18.9. The number of anilines is 1. The summed E-state index contributed by atoms with van der Waals surface area (Å²) in [5.41, 5.74) is 0.856. The van der Waals surface area contributed by atoms with E-state index in [0.717, 1.165) is 31.8 Å². The quantitative estimate of drug-likeness (QED) is 0.578. The summed E-state index contributed by atoms with van der Waals surface area (Å²) in [6.07, 6.45) is -4.41. The van der Waals surface area contributed by atoms with Crippen LogP contribution < -0.4 is 15.0 Å². The number of benzene rings is 1. The van der Waals surface area contributed by atoms with E-state index in [1.54, 1.807) is 19.1 Å². The van der Waals surface area contributed by atoms with Crippen LogP contribution in [0, 0.1) is 6.92 Å². The second-order valence-electron chi connectivity index (χ2n) is 8.39. The van der Waals surface area contributed by atoms with Gasteiger partial charge in [-0.25, -0.2) is 4.68 Å². The van der Waals surface area contributed by atoms with Crippen LogP contribution in [0.3, 0.4) is 0 Å². The standard InChI is InChI=1S/C22H23F3N8O2/c1-14-18(33(30-27-14)16-4-2-15(3-5-16)22(23,24)25)13-35-20-7-6-19(28-29-20)32-11-10-31-9-8-26-21(34)17(31)12-32/h2-7,17H,8-13H2,1H3,(H,26,34)/t17-/m0/s1. The van der Waals surface area contributed by atoms with Gasteiger partial charge in [0.1, 0.15) is 18.3 Å². The maximum Gasteiger partial charge on any atom is 0.416 e. The monoisotopic (exact) mass is 488 g/mol. The number of aromatic nitrogens is 5. The van der Waals surface area contributed by atoms with Crippen molar-refractivity contribution in [2.75, 3.05) is 37.6 Å². The molecule has 3 aromatic rings. The molecule has 1 aromatic carbocycles. The molecular formula is C22H23F3N8O2. The second kappa shape index (κ2) is 9.13. The number of amides is 1. The van der Waals surface area contributed by atoms with Gasteiger partial charge in [0.25, 0.3) is 0 Å². The van der Waals surface area contributed by atoms with Gasteiger partial charge in [0.05, 0.1) is 16.9 Å². The summed E-state index contributed by atoms with van der Waals surface area (Å²) >= 11 is 0. The van der Waals surface area contributed by atoms with E-state index in [1.807, 2.05) is 4.90 Å². The summed E-state index contributed by atoms with van der Waals surface area (Å²) in [4.78, 5) is 16.4. The van der Waals surface area contributed by atoms with E-state index in [2.05, 4.69) is 30.7 Å². The van der Waals surface area contributed by atoms with Gasteiger partial charge >= 0.3 is 6.18 Å². The Balaban J connectivity index is 1.25. The van der Waals surface area contributed by atoms with Crippen LogP contribution >= 0.6 is 0 Å². The lowest BCUT2D eigenvalue weighted by molar-refractivity contribution is -0.137. The molecule has 0 bridgehead atoms. The summed E-state index contributed by atoms with van der Waals surface area (Å²) in [5.74, 6) is 0.966. The summed E-state index contributed by atoms with van der Waals surface area (Å²) in [7, 11) is 0. The number of piperazine rings is 2. The molecule has 0 unspecified atom stereocenters. The van der Waals surface area contributed by atoms with Crippen molar-refractivity contribution in [3.63, 3.8) is 0 Å². The Kier molecular flexibility index (Phi) is 6.01. The Morgan fingerprint density at radius 2 is 1.86 bits per heavy atom. The van der Waals surface area contributed by atoms with E-state index in [-0.39, 0.29) is 24.4 Å². The van der Waals surface area contributed by atoms with Gasteiger partial charge in [-0.3, -0.25) is 9.69 Å². The van der Waals surface area contributed by atoms with Gasteiger partial charge in [-0.15, -0.1) is 15.3 Å². The van der Waals surface area contributed by atoms with Crippen LogP contribution in [0.25, 0.3) is 5.69 Å². The zero-order valence-corrected chi connectivity index (χ0v) is 18.9. The fraction of sp³-hybridized carbons (Fsp3) is 0.409. The molecule has 35 heavy (non-hydrogen) atoms. The number of halogens is 3. The van der Waals surface area contributed by atoms with Gasteiger partial charge in [-0.2, -0.15) is 13.2 Å². The number of aryl methyl sites for hydroxylation is 1. The van der Waals surface area contributed by atoms with Crippen molar-refractivity contribution in [3.05, 3.63) is 53.3 Å². The van der Waals surface area contributed by atoms with Gasteiger partial charge in [-0.05, 0) is 37.3 Å². The molecule has 2 fully saturated rings. The Bertz CT molecular complexity index is 1200. The molecule has 0 radical (unpaired) electrons. The van der Waals surface area contributed by atoms with Gasteiger partial charge in [0.2, 0.25) is 11.8 Å². The summed E-state index contributed by atoms with van der Waals surface area (Å²) < 4.78 is 45.8.